The van der Waals surface area contributed by atoms with Crippen molar-refractivity contribution in [3.63, 3.8) is 0 Å². The first kappa shape index (κ1) is 28.4. The molecule has 0 aliphatic carbocycles. The number of allylic oxidation sites excluding steroid dienone is 2. The van der Waals surface area contributed by atoms with E-state index in [2.05, 4.69) is 58.4 Å². The summed E-state index contributed by atoms with van der Waals surface area (Å²) in [4.78, 5) is 9.35. The van der Waals surface area contributed by atoms with E-state index in [1.165, 1.54) is 0 Å². The van der Waals surface area contributed by atoms with Crippen LogP contribution in [0.1, 0.15) is 11.4 Å². The maximum atomic E-state index is 5.07. The van der Waals surface area contributed by atoms with E-state index in [9.17, 15) is 0 Å². The summed E-state index contributed by atoms with van der Waals surface area (Å²) in [7, 11) is 0. The number of hydrogen-bond donors (Lipinski definition) is 0. The summed E-state index contributed by atoms with van der Waals surface area (Å²) < 4.78 is 0. The van der Waals surface area contributed by atoms with Gasteiger partial charge >= 0.3 is 0 Å². The number of nitrogens with zero attached hydrogens (tertiary/aromatic N) is 6. The molecule has 3 aliphatic rings. The maximum absolute atomic E-state index is 5.07. The Morgan fingerprint density at radius 2 is 1.18 bits per heavy atom. The first-order valence-corrected chi connectivity index (χ1v) is 14.6. The number of para-hydroxylation sites is 6. The van der Waals surface area contributed by atoms with E-state index in [1.54, 1.807) is 0 Å². The van der Waals surface area contributed by atoms with E-state index in [1.807, 2.05) is 109 Å². The Hall–Kier alpha value is -5.32. The smallest absolute Gasteiger partial charge is 0.0635 e. The van der Waals surface area contributed by atoms with E-state index in [0.717, 1.165) is 62.9 Å². The molecule has 4 heterocycles. The van der Waals surface area contributed by atoms with Crippen molar-refractivity contribution in [1.29, 1.82) is 0 Å². The van der Waals surface area contributed by atoms with Crippen LogP contribution in [0.25, 0.3) is 27.7 Å². The molecular formula is C38H27N6Pt-3. The van der Waals surface area contributed by atoms with Gasteiger partial charge in [0.1, 0.15) is 0 Å². The summed E-state index contributed by atoms with van der Waals surface area (Å²) >= 11 is 0. The third kappa shape index (κ3) is 5.57. The fourth-order valence-corrected chi connectivity index (χ4v) is 5.71. The van der Waals surface area contributed by atoms with Gasteiger partial charge in [-0.2, -0.15) is 0 Å². The molecule has 0 amide bonds. The molecule has 5 aromatic rings. The van der Waals surface area contributed by atoms with Crippen molar-refractivity contribution in [3.8, 4) is 0 Å². The number of benzene rings is 4. The van der Waals surface area contributed by atoms with E-state index in [4.69, 9.17) is 20.9 Å². The molecule has 45 heavy (non-hydrogen) atoms. The molecule has 222 valence electrons. The Morgan fingerprint density at radius 1 is 0.600 bits per heavy atom. The van der Waals surface area contributed by atoms with Gasteiger partial charge in [0, 0.05) is 26.8 Å². The van der Waals surface area contributed by atoms with Crippen molar-refractivity contribution < 1.29 is 21.1 Å². The summed E-state index contributed by atoms with van der Waals surface area (Å²) in [6.45, 7) is 0. The molecule has 4 aromatic carbocycles. The van der Waals surface area contributed by atoms with Crippen LogP contribution < -0.4 is 9.80 Å². The molecular weight excluding hydrogens is 736 g/mol. The average molecular weight is 763 g/mol. The second-order valence-corrected chi connectivity index (χ2v) is 10.6. The van der Waals surface area contributed by atoms with Gasteiger partial charge in [-0.05, 0) is 52.3 Å². The third-order valence-electron chi connectivity index (χ3n) is 7.68. The van der Waals surface area contributed by atoms with Crippen LogP contribution >= 0.6 is 0 Å². The van der Waals surface area contributed by atoms with Crippen LogP contribution in [0.2, 0.25) is 0 Å². The largest absolute Gasteiger partial charge is 0.674 e. The summed E-state index contributed by atoms with van der Waals surface area (Å²) in [6.07, 6.45) is 10.3. The van der Waals surface area contributed by atoms with Crippen molar-refractivity contribution in [1.82, 2.24) is 4.98 Å². The minimum atomic E-state index is -0.189. The molecule has 0 radical (unpaired) electrons. The Kier molecular flexibility index (Phi) is 7.81. The van der Waals surface area contributed by atoms with Crippen LogP contribution in [-0.4, -0.2) is 11.0 Å². The second kappa shape index (κ2) is 12.4. The van der Waals surface area contributed by atoms with Crippen molar-refractivity contribution in [2.24, 2.45) is 0 Å². The third-order valence-corrected chi connectivity index (χ3v) is 7.68. The second-order valence-electron chi connectivity index (χ2n) is 10.6. The summed E-state index contributed by atoms with van der Waals surface area (Å²) in [5.74, 6) is 1.68. The summed E-state index contributed by atoms with van der Waals surface area (Å²) in [5.41, 5.74) is 8.56. The molecule has 0 fully saturated rings. The van der Waals surface area contributed by atoms with Gasteiger partial charge in [0.2, 0.25) is 0 Å². The van der Waals surface area contributed by atoms with Gasteiger partial charge < -0.3 is 25.8 Å². The van der Waals surface area contributed by atoms with E-state index in [-0.39, 0.29) is 27.1 Å². The number of hydrogen-bond acceptors (Lipinski definition) is 3. The van der Waals surface area contributed by atoms with Crippen LogP contribution in [-0.2, 0) is 21.1 Å². The molecule has 1 unspecified atom stereocenters. The van der Waals surface area contributed by atoms with Gasteiger partial charge in [-0.15, -0.1) is 5.70 Å². The van der Waals surface area contributed by atoms with Crippen LogP contribution in [0.3, 0.4) is 0 Å². The van der Waals surface area contributed by atoms with Gasteiger partial charge in [-0.3, -0.25) is 4.98 Å². The van der Waals surface area contributed by atoms with Gasteiger partial charge in [0.05, 0.1) is 5.69 Å². The van der Waals surface area contributed by atoms with Crippen molar-refractivity contribution in [2.75, 3.05) is 9.80 Å². The molecule has 0 saturated carbocycles. The van der Waals surface area contributed by atoms with E-state index >= 15 is 0 Å². The number of aromatic nitrogens is 1. The van der Waals surface area contributed by atoms with Crippen molar-refractivity contribution >= 4 is 45.9 Å². The van der Waals surface area contributed by atoms with Crippen LogP contribution in [0.15, 0.2) is 163 Å². The topological polar surface area (TPSA) is 61.7 Å². The van der Waals surface area contributed by atoms with Gasteiger partial charge in [-0.1, -0.05) is 157 Å². The Labute approximate surface area is 277 Å². The Bertz CT molecular complexity index is 1970. The standard InChI is InChI=1S/C38H27N6.Pt/c1-3-15-29(16-4-1)43-35-23-9-7-19-33(35)41-37(43)25-27-13-11-21-31(39-27)32-22-12-14-28(40-32)26-38-42-34-20-8-10-24-36(34)44(38)30-17-5-2-6-18-30;/h1-27H;/q-3;/b37-25+,38-26+;. The Morgan fingerprint density at radius 3 is 1.84 bits per heavy atom. The molecule has 0 N–H and O–H groups in total. The van der Waals surface area contributed by atoms with Crippen molar-refractivity contribution in [3.05, 3.63) is 191 Å². The molecule has 6 nitrogen and oxygen atoms in total. The minimum absolute atomic E-state index is 0. The van der Waals surface area contributed by atoms with Crippen LogP contribution in [0.4, 0.5) is 34.1 Å². The Balaban J connectivity index is 0.00000325. The predicted octanol–water partition coefficient (Wildman–Crippen LogP) is 10.6. The van der Waals surface area contributed by atoms with E-state index in [0.29, 0.717) is 0 Å². The zero-order valence-corrected chi connectivity index (χ0v) is 26.4. The SMILES string of the molecule is C1=CC(/C=C2\[N-]c3ccccc3N2c2ccccc2)[N-]C(c2cccc(/C=C3\[N-]c4ccccc4N3c3ccccc3)n2)=C1.[Pt]. The maximum Gasteiger partial charge on any atom is 0.0635 e. The van der Waals surface area contributed by atoms with Crippen molar-refractivity contribution in [2.45, 2.75) is 6.04 Å². The number of pyridine rings is 1. The molecule has 0 bridgehead atoms. The zero-order chi connectivity index (χ0) is 29.3. The predicted molar refractivity (Wildman–Crippen MR) is 181 cm³/mol. The summed E-state index contributed by atoms with van der Waals surface area (Å²) in [6, 6.07) is 42.8. The normalized spacial score (nSPS) is 18.0. The molecule has 1 aromatic heterocycles. The number of anilines is 4. The molecule has 0 saturated heterocycles. The first-order chi connectivity index (χ1) is 21.8. The minimum Gasteiger partial charge on any atom is -0.674 e. The average Bonchev–Trinajstić information content (AvgIpc) is 3.63. The monoisotopic (exact) mass is 762 g/mol. The molecule has 3 aliphatic heterocycles. The molecule has 7 heteroatoms. The van der Waals surface area contributed by atoms with Gasteiger partial charge in [-0.25, -0.2) is 0 Å². The summed E-state index contributed by atoms with van der Waals surface area (Å²) in [5, 5.41) is 15.0. The zero-order valence-electron chi connectivity index (χ0n) is 24.1. The quantitative estimate of drug-likeness (QED) is 0.179. The van der Waals surface area contributed by atoms with Gasteiger partial charge in [0.15, 0.2) is 0 Å². The van der Waals surface area contributed by atoms with Gasteiger partial charge in [0.25, 0.3) is 0 Å². The molecule has 8 rings (SSSR count). The first-order valence-electron chi connectivity index (χ1n) is 14.6. The number of rotatable bonds is 5. The van der Waals surface area contributed by atoms with Crippen LogP contribution in [0.5, 0.6) is 0 Å². The van der Waals surface area contributed by atoms with Crippen LogP contribution in [0, 0.1) is 0 Å². The fraction of sp³-hybridized carbons (Fsp3) is 0.0263. The fourth-order valence-electron chi connectivity index (χ4n) is 5.71. The van der Waals surface area contributed by atoms with E-state index < -0.39 is 0 Å². The molecule has 1 atom stereocenters. The molecule has 0 spiro atoms. The number of fused-ring (bicyclic) bond motifs is 2.